The van der Waals surface area contributed by atoms with Gasteiger partial charge in [-0.05, 0) is 19.4 Å². The van der Waals surface area contributed by atoms with E-state index in [1.165, 1.54) is 6.42 Å². The van der Waals surface area contributed by atoms with Gasteiger partial charge in [0.25, 0.3) is 0 Å². The first-order valence-electron chi connectivity index (χ1n) is 5.96. The predicted octanol–water partition coefficient (Wildman–Crippen LogP) is 2.01. The molecule has 92 valence electrons. The van der Waals surface area contributed by atoms with E-state index in [2.05, 4.69) is 29.4 Å². The van der Waals surface area contributed by atoms with Crippen molar-refractivity contribution in [3.05, 3.63) is 10.0 Å². The Bertz CT molecular complexity index is 278. The summed E-state index contributed by atoms with van der Waals surface area (Å²) in [5.74, 6) is 0. The van der Waals surface area contributed by atoms with Crippen LogP contribution in [-0.4, -0.2) is 29.9 Å². The summed E-state index contributed by atoms with van der Waals surface area (Å²) in [5.41, 5.74) is 0. The van der Waals surface area contributed by atoms with E-state index in [1.54, 1.807) is 11.3 Å². The normalized spacial score (nSPS) is 10.9. The minimum atomic E-state index is 0.605. The molecule has 0 bridgehead atoms. The zero-order valence-corrected chi connectivity index (χ0v) is 11.0. The van der Waals surface area contributed by atoms with Gasteiger partial charge in [0.15, 0.2) is 0 Å². The monoisotopic (exact) mass is 243 g/mol. The van der Waals surface area contributed by atoms with E-state index in [9.17, 15) is 0 Å². The molecular formula is C11H21N3OS. The molecule has 0 amide bonds. The van der Waals surface area contributed by atoms with Crippen molar-refractivity contribution in [3.8, 4) is 0 Å². The second-order valence-corrected chi connectivity index (χ2v) is 4.79. The van der Waals surface area contributed by atoms with Gasteiger partial charge in [0.2, 0.25) is 0 Å². The lowest BCUT2D eigenvalue weighted by Crippen LogP contribution is -2.17. The SMILES string of the molecule is CCCNCCc1nnc(COCCC)s1. The molecule has 0 aliphatic rings. The number of nitrogens with one attached hydrogen (secondary N) is 1. The van der Waals surface area contributed by atoms with Crippen LogP contribution in [0.2, 0.25) is 0 Å². The van der Waals surface area contributed by atoms with Gasteiger partial charge in [-0.1, -0.05) is 25.2 Å². The highest BCUT2D eigenvalue weighted by atomic mass is 32.1. The molecule has 0 fully saturated rings. The molecule has 4 nitrogen and oxygen atoms in total. The van der Waals surface area contributed by atoms with Gasteiger partial charge in [0.05, 0.1) is 0 Å². The van der Waals surface area contributed by atoms with E-state index in [4.69, 9.17) is 4.74 Å². The fourth-order valence-electron chi connectivity index (χ4n) is 1.25. The standard InChI is InChI=1S/C11H21N3OS/c1-3-6-12-7-5-10-13-14-11(16-10)9-15-8-4-2/h12H,3-9H2,1-2H3. The summed E-state index contributed by atoms with van der Waals surface area (Å²) in [5, 5.41) is 13.7. The largest absolute Gasteiger partial charge is 0.374 e. The Balaban J connectivity index is 2.17. The lowest BCUT2D eigenvalue weighted by Gasteiger charge is -1.98. The van der Waals surface area contributed by atoms with Crippen molar-refractivity contribution in [1.29, 1.82) is 0 Å². The maximum Gasteiger partial charge on any atom is 0.143 e. The van der Waals surface area contributed by atoms with Crippen LogP contribution in [0.15, 0.2) is 0 Å². The van der Waals surface area contributed by atoms with Crippen molar-refractivity contribution in [2.24, 2.45) is 0 Å². The Kier molecular flexibility index (Phi) is 7.29. The van der Waals surface area contributed by atoms with Gasteiger partial charge in [-0.15, -0.1) is 10.2 Å². The number of hydrogen-bond donors (Lipinski definition) is 1. The summed E-state index contributed by atoms with van der Waals surface area (Å²) in [6.07, 6.45) is 3.18. The van der Waals surface area contributed by atoms with Crippen molar-refractivity contribution >= 4 is 11.3 Å². The van der Waals surface area contributed by atoms with Crippen LogP contribution < -0.4 is 5.32 Å². The lowest BCUT2D eigenvalue weighted by atomic mass is 10.4. The van der Waals surface area contributed by atoms with Crippen molar-refractivity contribution in [1.82, 2.24) is 15.5 Å². The van der Waals surface area contributed by atoms with Crippen LogP contribution in [0, 0.1) is 0 Å². The van der Waals surface area contributed by atoms with Crippen LogP contribution >= 0.6 is 11.3 Å². The highest BCUT2D eigenvalue weighted by Crippen LogP contribution is 2.11. The molecule has 0 spiro atoms. The van der Waals surface area contributed by atoms with Crippen LogP contribution in [-0.2, 0) is 17.8 Å². The summed E-state index contributed by atoms with van der Waals surface area (Å²) in [6.45, 7) is 7.73. The van der Waals surface area contributed by atoms with Crippen molar-refractivity contribution in [3.63, 3.8) is 0 Å². The molecule has 1 aromatic rings. The fraction of sp³-hybridized carbons (Fsp3) is 0.818. The molecule has 16 heavy (non-hydrogen) atoms. The molecule has 0 aliphatic heterocycles. The average molecular weight is 243 g/mol. The van der Waals surface area contributed by atoms with Gasteiger partial charge >= 0.3 is 0 Å². The average Bonchev–Trinajstić information content (AvgIpc) is 2.73. The summed E-state index contributed by atoms with van der Waals surface area (Å²) >= 11 is 1.65. The third-order valence-corrected chi connectivity index (χ3v) is 2.98. The molecule has 1 heterocycles. The highest BCUT2D eigenvalue weighted by Gasteiger charge is 2.03. The smallest absolute Gasteiger partial charge is 0.143 e. The third kappa shape index (κ3) is 5.53. The van der Waals surface area contributed by atoms with Crippen LogP contribution in [0.4, 0.5) is 0 Å². The number of nitrogens with zero attached hydrogens (tertiary/aromatic N) is 2. The van der Waals surface area contributed by atoms with Crippen molar-refractivity contribution in [2.75, 3.05) is 19.7 Å². The molecule has 0 aliphatic carbocycles. The predicted molar refractivity (Wildman–Crippen MR) is 66.7 cm³/mol. The van der Waals surface area contributed by atoms with Gasteiger partial charge in [-0.2, -0.15) is 0 Å². The first-order chi connectivity index (χ1) is 7.86. The summed E-state index contributed by atoms with van der Waals surface area (Å²) in [6, 6.07) is 0. The van der Waals surface area contributed by atoms with E-state index in [0.717, 1.165) is 42.6 Å². The molecule has 0 unspecified atom stereocenters. The fourth-order valence-corrected chi connectivity index (χ4v) is 2.03. The number of ether oxygens (including phenoxy) is 1. The lowest BCUT2D eigenvalue weighted by molar-refractivity contribution is 0.121. The highest BCUT2D eigenvalue weighted by molar-refractivity contribution is 7.11. The summed E-state index contributed by atoms with van der Waals surface area (Å²) in [7, 11) is 0. The van der Waals surface area contributed by atoms with Gasteiger partial charge in [0.1, 0.15) is 16.6 Å². The van der Waals surface area contributed by atoms with E-state index >= 15 is 0 Å². The molecular weight excluding hydrogens is 222 g/mol. The van der Waals surface area contributed by atoms with Crippen LogP contribution in [0.25, 0.3) is 0 Å². The second kappa shape index (κ2) is 8.61. The zero-order valence-electron chi connectivity index (χ0n) is 10.2. The van der Waals surface area contributed by atoms with Crippen LogP contribution in [0.5, 0.6) is 0 Å². The van der Waals surface area contributed by atoms with E-state index in [0.29, 0.717) is 6.61 Å². The van der Waals surface area contributed by atoms with E-state index in [1.807, 2.05) is 0 Å². The molecule has 1 rings (SSSR count). The van der Waals surface area contributed by atoms with Gasteiger partial charge in [-0.25, -0.2) is 0 Å². The Morgan fingerprint density at radius 3 is 2.69 bits per heavy atom. The first kappa shape index (κ1) is 13.5. The number of hydrogen-bond acceptors (Lipinski definition) is 5. The third-order valence-electron chi connectivity index (χ3n) is 2.03. The Labute approximate surface area is 101 Å². The molecule has 1 N–H and O–H groups in total. The topological polar surface area (TPSA) is 47.0 Å². The zero-order chi connectivity index (χ0) is 11.6. The van der Waals surface area contributed by atoms with E-state index < -0.39 is 0 Å². The molecule has 0 saturated heterocycles. The molecule has 0 saturated carbocycles. The van der Waals surface area contributed by atoms with Crippen molar-refractivity contribution < 1.29 is 4.74 Å². The maximum atomic E-state index is 5.42. The second-order valence-electron chi connectivity index (χ2n) is 3.64. The number of aromatic nitrogens is 2. The number of rotatable bonds is 9. The molecule has 0 atom stereocenters. The molecule has 0 aromatic carbocycles. The molecule has 5 heteroatoms. The van der Waals surface area contributed by atoms with E-state index in [-0.39, 0.29) is 0 Å². The van der Waals surface area contributed by atoms with Crippen LogP contribution in [0.1, 0.15) is 36.7 Å². The Morgan fingerprint density at radius 2 is 1.94 bits per heavy atom. The minimum Gasteiger partial charge on any atom is -0.374 e. The van der Waals surface area contributed by atoms with Crippen LogP contribution in [0.3, 0.4) is 0 Å². The summed E-state index contributed by atoms with van der Waals surface area (Å²) in [4.78, 5) is 0. The Morgan fingerprint density at radius 1 is 1.12 bits per heavy atom. The Hall–Kier alpha value is -0.520. The first-order valence-corrected chi connectivity index (χ1v) is 6.78. The van der Waals surface area contributed by atoms with Crippen molar-refractivity contribution in [2.45, 2.75) is 39.7 Å². The minimum absolute atomic E-state index is 0.605. The van der Waals surface area contributed by atoms with Gasteiger partial charge in [0, 0.05) is 19.6 Å². The quantitative estimate of drug-likeness (QED) is 0.674. The molecule has 1 aromatic heterocycles. The summed E-state index contributed by atoms with van der Waals surface area (Å²) < 4.78 is 5.42. The van der Waals surface area contributed by atoms with Gasteiger partial charge < -0.3 is 10.1 Å². The molecule has 0 radical (unpaired) electrons. The maximum absolute atomic E-state index is 5.42. The van der Waals surface area contributed by atoms with Gasteiger partial charge in [-0.3, -0.25) is 0 Å².